The highest BCUT2D eigenvalue weighted by atomic mass is 16.5. The fraction of sp³-hybridized carbons (Fsp3) is 0.0500. The number of methoxy groups -OCH3 is 1. The number of esters is 1. The van der Waals surface area contributed by atoms with Crippen LogP contribution in [-0.4, -0.2) is 29.0 Å². The first-order valence-electron chi connectivity index (χ1n) is 8.18. The van der Waals surface area contributed by atoms with Crippen molar-refractivity contribution in [2.45, 2.75) is 0 Å². The van der Waals surface area contributed by atoms with Gasteiger partial charge in [-0.25, -0.2) is 14.8 Å². The van der Waals surface area contributed by atoms with Gasteiger partial charge < -0.3 is 15.4 Å². The maximum Gasteiger partial charge on any atom is 0.339 e. The first-order chi connectivity index (χ1) is 13.6. The number of nitrogens with zero attached hydrogens (tertiary/aromatic N) is 3. The van der Waals surface area contributed by atoms with Crippen molar-refractivity contribution in [3.8, 4) is 6.07 Å². The molecule has 8 heteroatoms. The Labute approximate surface area is 160 Å². The monoisotopic (exact) mass is 373 g/mol. The molecule has 0 unspecified atom stereocenters. The highest BCUT2D eigenvalue weighted by Crippen LogP contribution is 2.20. The number of hydrogen-bond acceptors (Lipinski definition) is 7. The van der Waals surface area contributed by atoms with E-state index in [0.29, 0.717) is 28.3 Å². The van der Waals surface area contributed by atoms with Crippen LogP contribution in [0.4, 0.5) is 17.2 Å². The number of para-hydroxylation sites is 1. The lowest BCUT2D eigenvalue weighted by Gasteiger charge is -2.10. The van der Waals surface area contributed by atoms with Gasteiger partial charge >= 0.3 is 5.97 Å². The second-order valence-electron chi connectivity index (χ2n) is 5.59. The molecule has 0 aliphatic carbocycles. The van der Waals surface area contributed by atoms with E-state index < -0.39 is 11.9 Å². The lowest BCUT2D eigenvalue weighted by atomic mass is 10.2. The van der Waals surface area contributed by atoms with Gasteiger partial charge in [0.05, 0.1) is 42.4 Å². The molecule has 0 saturated heterocycles. The maximum absolute atomic E-state index is 12.3. The summed E-state index contributed by atoms with van der Waals surface area (Å²) in [4.78, 5) is 32.3. The normalized spacial score (nSPS) is 9.86. The van der Waals surface area contributed by atoms with E-state index in [-0.39, 0.29) is 5.69 Å². The summed E-state index contributed by atoms with van der Waals surface area (Å²) >= 11 is 0. The third-order valence-electron chi connectivity index (χ3n) is 3.75. The van der Waals surface area contributed by atoms with Crippen LogP contribution in [0.25, 0.3) is 0 Å². The number of rotatable bonds is 5. The summed E-state index contributed by atoms with van der Waals surface area (Å²) in [5, 5.41) is 14.5. The van der Waals surface area contributed by atoms with E-state index in [9.17, 15) is 9.59 Å². The molecule has 3 aromatic rings. The van der Waals surface area contributed by atoms with E-state index in [4.69, 9.17) is 10.00 Å². The molecule has 28 heavy (non-hydrogen) atoms. The molecule has 0 aliphatic heterocycles. The summed E-state index contributed by atoms with van der Waals surface area (Å²) in [6.07, 6.45) is 2.71. The summed E-state index contributed by atoms with van der Waals surface area (Å²) in [5.74, 6) is -0.542. The number of carbonyl (C=O) groups is 2. The molecule has 0 radical (unpaired) electrons. The van der Waals surface area contributed by atoms with Crippen molar-refractivity contribution < 1.29 is 14.3 Å². The number of benzene rings is 2. The molecule has 2 N–H and O–H groups in total. The number of aromatic nitrogens is 2. The van der Waals surface area contributed by atoms with Gasteiger partial charge in [0.2, 0.25) is 0 Å². The second kappa shape index (κ2) is 8.42. The van der Waals surface area contributed by atoms with Crippen LogP contribution in [0, 0.1) is 11.3 Å². The quantitative estimate of drug-likeness (QED) is 0.660. The van der Waals surface area contributed by atoms with Crippen LogP contribution in [0.5, 0.6) is 0 Å². The number of hydrogen-bond donors (Lipinski definition) is 2. The summed E-state index contributed by atoms with van der Waals surface area (Å²) in [5.41, 5.74) is 2.03. The van der Waals surface area contributed by atoms with Crippen molar-refractivity contribution in [1.29, 1.82) is 5.26 Å². The Hall–Kier alpha value is -4.25. The zero-order chi connectivity index (χ0) is 19.9. The van der Waals surface area contributed by atoms with Crippen molar-refractivity contribution in [2.75, 3.05) is 17.7 Å². The summed E-state index contributed by atoms with van der Waals surface area (Å²) in [6.45, 7) is 0. The third kappa shape index (κ3) is 4.28. The Morgan fingerprint density at radius 2 is 1.79 bits per heavy atom. The number of ether oxygens (including phenoxy) is 1. The van der Waals surface area contributed by atoms with Gasteiger partial charge in [0, 0.05) is 5.69 Å². The zero-order valence-corrected chi connectivity index (χ0v) is 14.8. The van der Waals surface area contributed by atoms with Crippen LogP contribution in [-0.2, 0) is 4.74 Å². The predicted molar refractivity (Wildman–Crippen MR) is 102 cm³/mol. The summed E-state index contributed by atoms with van der Waals surface area (Å²) in [7, 11) is 1.31. The van der Waals surface area contributed by atoms with E-state index in [0.717, 1.165) is 0 Å². The molecule has 1 aromatic heterocycles. The SMILES string of the molecule is COC(=O)c1ccccc1Nc1cnc(C(=O)Nc2ccc(C#N)cc2)cn1. The average molecular weight is 373 g/mol. The van der Waals surface area contributed by atoms with Crippen molar-refractivity contribution >= 4 is 29.1 Å². The fourth-order valence-corrected chi connectivity index (χ4v) is 2.35. The first kappa shape index (κ1) is 18.5. The van der Waals surface area contributed by atoms with E-state index in [2.05, 4.69) is 20.6 Å². The number of nitriles is 1. The molecule has 1 heterocycles. The molecule has 8 nitrogen and oxygen atoms in total. The van der Waals surface area contributed by atoms with Gasteiger partial charge in [-0.1, -0.05) is 12.1 Å². The van der Waals surface area contributed by atoms with Gasteiger partial charge in [0.25, 0.3) is 5.91 Å². The highest BCUT2D eigenvalue weighted by Gasteiger charge is 2.13. The number of amides is 1. The molecule has 0 bridgehead atoms. The predicted octanol–water partition coefficient (Wildman–Crippen LogP) is 3.13. The minimum Gasteiger partial charge on any atom is -0.465 e. The van der Waals surface area contributed by atoms with Gasteiger partial charge in [-0.05, 0) is 36.4 Å². The van der Waals surface area contributed by atoms with Crippen molar-refractivity contribution in [3.63, 3.8) is 0 Å². The Bertz CT molecular complexity index is 1040. The van der Waals surface area contributed by atoms with Crippen LogP contribution in [0.1, 0.15) is 26.4 Å². The van der Waals surface area contributed by atoms with E-state index in [1.807, 2.05) is 6.07 Å². The first-order valence-corrected chi connectivity index (χ1v) is 8.18. The van der Waals surface area contributed by atoms with Gasteiger partial charge in [-0.3, -0.25) is 4.79 Å². The smallest absolute Gasteiger partial charge is 0.339 e. The lowest BCUT2D eigenvalue weighted by molar-refractivity contribution is 0.0601. The van der Waals surface area contributed by atoms with Crippen molar-refractivity contribution in [1.82, 2.24) is 9.97 Å². The van der Waals surface area contributed by atoms with Gasteiger partial charge in [0.1, 0.15) is 11.5 Å². The van der Waals surface area contributed by atoms with Crippen LogP contribution in [0.2, 0.25) is 0 Å². The molecule has 2 aromatic carbocycles. The van der Waals surface area contributed by atoms with Gasteiger partial charge in [0.15, 0.2) is 0 Å². The van der Waals surface area contributed by atoms with Gasteiger partial charge in [-0.2, -0.15) is 5.26 Å². The largest absolute Gasteiger partial charge is 0.465 e. The van der Waals surface area contributed by atoms with Crippen LogP contribution >= 0.6 is 0 Å². The molecule has 3 rings (SSSR count). The Morgan fingerprint density at radius 3 is 2.43 bits per heavy atom. The fourth-order valence-electron chi connectivity index (χ4n) is 2.35. The lowest BCUT2D eigenvalue weighted by Crippen LogP contribution is -2.14. The van der Waals surface area contributed by atoms with Crippen molar-refractivity contribution in [3.05, 3.63) is 77.7 Å². The zero-order valence-electron chi connectivity index (χ0n) is 14.8. The number of nitrogens with one attached hydrogen (secondary N) is 2. The van der Waals surface area contributed by atoms with Gasteiger partial charge in [-0.15, -0.1) is 0 Å². The van der Waals surface area contributed by atoms with E-state index in [1.165, 1.54) is 19.5 Å². The molecule has 0 fully saturated rings. The van der Waals surface area contributed by atoms with E-state index >= 15 is 0 Å². The Balaban J connectivity index is 1.70. The number of anilines is 3. The molecule has 0 atom stereocenters. The molecule has 0 saturated carbocycles. The summed E-state index contributed by atoms with van der Waals surface area (Å²) < 4.78 is 4.75. The molecular weight excluding hydrogens is 358 g/mol. The van der Waals surface area contributed by atoms with Crippen molar-refractivity contribution in [2.24, 2.45) is 0 Å². The average Bonchev–Trinajstić information content (AvgIpc) is 2.74. The molecule has 0 aliphatic rings. The second-order valence-corrected chi connectivity index (χ2v) is 5.59. The van der Waals surface area contributed by atoms with Crippen LogP contribution in [0.15, 0.2) is 60.9 Å². The minimum absolute atomic E-state index is 0.121. The maximum atomic E-state index is 12.3. The molecule has 138 valence electrons. The summed E-state index contributed by atoms with van der Waals surface area (Å²) in [6, 6.07) is 15.3. The Morgan fingerprint density at radius 1 is 1.04 bits per heavy atom. The standard InChI is InChI=1S/C20H15N5O3/c1-28-20(27)15-4-2-3-5-16(15)25-18-12-22-17(11-23-18)19(26)24-14-8-6-13(10-21)7-9-14/h2-9,11-12H,1H3,(H,23,25)(H,24,26). The minimum atomic E-state index is -0.477. The molecule has 1 amide bonds. The number of carbonyl (C=O) groups excluding carboxylic acids is 2. The molecular formula is C20H15N5O3. The van der Waals surface area contributed by atoms with Crippen LogP contribution in [0.3, 0.4) is 0 Å². The van der Waals surface area contributed by atoms with E-state index in [1.54, 1.807) is 48.5 Å². The topological polar surface area (TPSA) is 117 Å². The third-order valence-corrected chi connectivity index (χ3v) is 3.75. The molecule has 0 spiro atoms. The van der Waals surface area contributed by atoms with Crippen LogP contribution < -0.4 is 10.6 Å². The highest BCUT2D eigenvalue weighted by molar-refractivity contribution is 6.02. The Kier molecular flexibility index (Phi) is 5.58.